The van der Waals surface area contributed by atoms with Gasteiger partial charge in [0.25, 0.3) is 0 Å². The molecule has 2 amide bonds. The second kappa shape index (κ2) is 11.0. The van der Waals surface area contributed by atoms with E-state index in [2.05, 4.69) is 9.89 Å². The summed E-state index contributed by atoms with van der Waals surface area (Å²) in [5.41, 5.74) is 5.64. The van der Waals surface area contributed by atoms with Crippen molar-refractivity contribution in [2.45, 2.75) is 33.3 Å². The van der Waals surface area contributed by atoms with Gasteiger partial charge in [0.05, 0.1) is 6.54 Å². The lowest BCUT2D eigenvalue weighted by Gasteiger charge is -2.36. The van der Waals surface area contributed by atoms with E-state index >= 15 is 0 Å². The van der Waals surface area contributed by atoms with Crippen LogP contribution in [0.1, 0.15) is 27.7 Å². The second-order valence-electron chi connectivity index (χ2n) is 8.04. The van der Waals surface area contributed by atoms with E-state index in [1.54, 1.807) is 11.8 Å². The molecule has 2 saturated heterocycles. The van der Waals surface area contributed by atoms with Crippen LogP contribution in [-0.4, -0.2) is 109 Å². The highest BCUT2D eigenvalue weighted by molar-refractivity contribution is 14.0. The smallest absolute Gasteiger partial charge is 0.410 e. The lowest BCUT2D eigenvalue weighted by molar-refractivity contribution is -0.130. The number of guanidine groups is 1. The van der Waals surface area contributed by atoms with Gasteiger partial charge in [-0.05, 0) is 20.8 Å². The van der Waals surface area contributed by atoms with Gasteiger partial charge in [-0.25, -0.2) is 4.79 Å². The van der Waals surface area contributed by atoms with E-state index in [1.165, 1.54) is 0 Å². The van der Waals surface area contributed by atoms with Gasteiger partial charge in [-0.1, -0.05) is 0 Å². The Labute approximate surface area is 185 Å². The number of hydrogen-bond acceptors (Lipinski definition) is 5. The van der Waals surface area contributed by atoms with Crippen molar-refractivity contribution in [3.8, 4) is 0 Å². The third kappa shape index (κ3) is 7.98. The molecule has 2 heterocycles. The summed E-state index contributed by atoms with van der Waals surface area (Å²) >= 11 is 0. The highest BCUT2D eigenvalue weighted by atomic mass is 127. The Morgan fingerprint density at radius 3 is 1.93 bits per heavy atom. The largest absolute Gasteiger partial charge is 0.444 e. The van der Waals surface area contributed by atoms with Crippen LogP contribution in [0.25, 0.3) is 0 Å². The monoisotopic (exact) mass is 510 g/mol. The van der Waals surface area contributed by atoms with Crippen LogP contribution in [0.2, 0.25) is 0 Å². The highest BCUT2D eigenvalue weighted by Gasteiger charge is 2.26. The molecule has 0 unspecified atom stereocenters. The van der Waals surface area contributed by atoms with E-state index in [4.69, 9.17) is 10.5 Å². The van der Waals surface area contributed by atoms with E-state index in [9.17, 15) is 9.59 Å². The molecule has 0 aromatic rings. The van der Waals surface area contributed by atoms with Gasteiger partial charge in [0.1, 0.15) is 5.60 Å². The highest BCUT2D eigenvalue weighted by Crippen LogP contribution is 2.11. The predicted octanol–water partition coefficient (Wildman–Crippen LogP) is 0.636. The first-order valence-corrected chi connectivity index (χ1v) is 9.66. The van der Waals surface area contributed by atoms with Gasteiger partial charge in [0, 0.05) is 65.8 Å². The van der Waals surface area contributed by atoms with Crippen LogP contribution in [0.3, 0.4) is 0 Å². The molecule has 0 aliphatic carbocycles. The Kier molecular flexibility index (Phi) is 9.75. The molecule has 2 fully saturated rings. The summed E-state index contributed by atoms with van der Waals surface area (Å²) in [6.07, 6.45) is -0.276. The van der Waals surface area contributed by atoms with Crippen molar-refractivity contribution in [3.05, 3.63) is 0 Å². The summed E-state index contributed by atoms with van der Waals surface area (Å²) < 4.78 is 5.40. The van der Waals surface area contributed by atoms with Gasteiger partial charge in [0.2, 0.25) is 5.91 Å². The SMILES string of the molecule is CC(=O)N1CCN(CCN=C(N)N2CCN(C(=O)OC(C)(C)C)CC2)CC1.I. The first-order chi connectivity index (χ1) is 12.7. The molecule has 2 N–H and O–H groups in total. The average molecular weight is 510 g/mol. The van der Waals surface area contributed by atoms with Gasteiger partial charge < -0.3 is 25.2 Å². The molecule has 9 nitrogen and oxygen atoms in total. The minimum atomic E-state index is -0.482. The molecule has 162 valence electrons. The fourth-order valence-corrected chi connectivity index (χ4v) is 3.14. The van der Waals surface area contributed by atoms with Crippen LogP contribution in [0.15, 0.2) is 4.99 Å². The Bertz CT molecular complexity index is 550. The molecule has 2 rings (SSSR count). The molecular formula is C18H35IN6O3. The summed E-state index contributed by atoms with van der Waals surface area (Å²) in [6.45, 7) is 14.5. The number of nitrogens with zero attached hydrogens (tertiary/aromatic N) is 5. The molecule has 0 radical (unpaired) electrons. The number of piperazine rings is 2. The van der Waals surface area contributed by atoms with Crippen molar-refractivity contribution in [2.75, 3.05) is 65.4 Å². The molecule has 0 aromatic carbocycles. The van der Waals surface area contributed by atoms with Gasteiger partial charge in [0.15, 0.2) is 5.96 Å². The zero-order valence-electron chi connectivity index (χ0n) is 17.5. The first-order valence-electron chi connectivity index (χ1n) is 9.66. The fourth-order valence-electron chi connectivity index (χ4n) is 3.14. The van der Waals surface area contributed by atoms with Crippen LogP contribution >= 0.6 is 24.0 Å². The van der Waals surface area contributed by atoms with E-state index in [1.807, 2.05) is 30.6 Å². The van der Waals surface area contributed by atoms with Gasteiger partial charge in [-0.2, -0.15) is 0 Å². The van der Waals surface area contributed by atoms with Crippen molar-refractivity contribution in [3.63, 3.8) is 0 Å². The normalized spacial score (nSPS) is 19.3. The molecule has 0 aromatic heterocycles. The van der Waals surface area contributed by atoms with Crippen LogP contribution in [0.5, 0.6) is 0 Å². The summed E-state index contributed by atoms with van der Waals surface area (Å²) in [7, 11) is 0. The van der Waals surface area contributed by atoms with Crippen molar-refractivity contribution in [1.29, 1.82) is 0 Å². The van der Waals surface area contributed by atoms with Crippen LogP contribution < -0.4 is 5.73 Å². The second-order valence-corrected chi connectivity index (χ2v) is 8.04. The number of hydrogen-bond donors (Lipinski definition) is 1. The predicted molar refractivity (Wildman–Crippen MR) is 120 cm³/mol. The maximum Gasteiger partial charge on any atom is 0.410 e. The third-order valence-electron chi connectivity index (χ3n) is 4.76. The maximum atomic E-state index is 12.1. The lowest BCUT2D eigenvalue weighted by Crippen LogP contribution is -2.53. The first kappa shape index (κ1) is 24.7. The third-order valence-corrected chi connectivity index (χ3v) is 4.76. The lowest BCUT2D eigenvalue weighted by atomic mass is 10.2. The van der Waals surface area contributed by atoms with E-state index in [0.717, 1.165) is 32.7 Å². The van der Waals surface area contributed by atoms with Gasteiger partial charge in [-0.3, -0.25) is 14.7 Å². The average Bonchev–Trinajstić information content (AvgIpc) is 2.60. The zero-order chi connectivity index (χ0) is 20.0. The van der Waals surface area contributed by atoms with Crippen molar-refractivity contribution < 1.29 is 14.3 Å². The fraction of sp³-hybridized carbons (Fsp3) is 0.833. The standard InChI is InChI=1S/C18H34N6O3.HI/c1-15(25)22-9-7-21(8-10-22)6-5-20-16(19)23-11-13-24(14-12-23)17(26)27-18(2,3)4;/h5-14H2,1-4H3,(H2,19,20);1H. The molecule has 2 aliphatic rings. The Morgan fingerprint density at radius 1 is 0.929 bits per heavy atom. The van der Waals surface area contributed by atoms with Crippen LogP contribution in [-0.2, 0) is 9.53 Å². The molecule has 0 bridgehead atoms. The summed E-state index contributed by atoms with van der Waals surface area (Å²) in [6, 6.07) is 0. The maximum absolute atomic E-state index is 12.1. The van der Waals surface area contributed by atoms with Crippen molar-refractivity contribution >= 4 is 41.9 Å². The molecule has 0 atom stereocenters. The van der Waals surface area contributed by atoms with E-state index in [0.29, 0.717) is 38.7 Å². The molecule has 0 spiro atoms. The van der Waals surface area contributed by atoms with Crippen molar-refractivity contribution in [1.82, 2.24) is 19.6 Å². The molecular weight excluding hydrogens is 475 g/mol. The molecule has 28 heavy (non-hydrogen) atoms. The Morgan fingerprint density at radius 2 is 1.43 bits per heavy atom. The summed E-state index contributed by atoms with van der Waals surface area (Å²) in [5, 5.41) is 0. The summed E-state index contributed by atoms with van der Waals surface area (Å²) in [4.78, 5) is 35.8. The van der Waals surface area contributed by atoms with E-state index < -0.39 is 5.60 Å². The van der Waals surface area contributed by atoms with Crippen LogP contribution in [0, 0.1) is 0 Å². The number of nitrogens with two attached hydrogens (primary N) is 1. The Hall–Kier alpha value is -1.30. The zero-order valence-corrected chi connectivity index (χ0v) is 19.8. The minimum absolute atomic E-state index is 0. The number of ether oxygens (including phenoxy) is 1. The van der Waals surface area contributed by atoms with E-state index in [-0.39, 0.29) is 36.0 Å². The summed E-state index contributed by atoms with van der Waals surface area (Å²) in [5.74, 6) is 0.670. The van der Waals surface area contributed by atoms with Gasteiger partial charge >= 0.3 is 6.09 Å². The number of rotatable bonds is 3. The van der Waals surface area contributed by atoms with Gasteiger partial charge in [-0.15, -0.1) is 24.0 Å². The number of carbonyl (C=O) groups is 2. The minimum Gasteiger partial charge on any atom is -0.444 e. The molecule has 2 aliphatic heterocycles. The number of carbonyl (C=O) groups excluding carboxylic acids is 2. The van der Waals surface area contributed by atoms with Crippen LogP contribution in [0.4, 0.5) is 4.79 Å². The van der Waals surface area contributed by atoms with Crippen molar-refractivity contribution in [2.24, 2.45) is 10.7 Å². The number of halogens is 1. The topological polar surface area (TPSA) is 94.7 Å². The Balaban J connectivity index is 0.00000392. The quantitative estimate of drug-likeness (QED) is 0.340. The molecule has 10 heteroatoms. The number of aliphatic imine (C=N–C) groups is 1. The molecule has 0 saturated carbocycles. The number of amides is 2.